The number of halogens is 1. The number of hydrogen-bond donors (Lipinski definition) is 1. The van der Waals surface area contributed by atoms with Crippen LogP contribution in [0.15, 0.2) is 33.3 Å². The zero-order valence-corrected chi connectivity index (χ0v) is 13.2. The van der Waals surface area contributed by atoms with Crippen molar-refractivity contribution in [2.75, 3.05) is 0 Å². The number of hydrogen-bond acceptors (Lipinski definition) is 4. The van der Waals surface area contributed by atoms with E-state index in [0.29, 0.717) is 6.04 Å². The molecule has 4 nitrogen and oxygen atoms in total. The van der Waals surface area contributed by atoms with Gasteiger partial charge in [-0.25, -0.2) is 9.97 Å². The molecule has 1 fully saturated rings. The maximum atomic E-state index is 5.77. The van der Waals surface area contributed by atoms with Crippen LogP contribution in [-0.4, -0.2) is 16.0 Å². The van der Waals surface area contributed by atoms with E-state index in [-0.39, 0.29) is 0 Å². The molecule has 1 aliphatic carbocycles. The second kappa shape index (κ2) is 5.39. The SMILES string of the molecule is Brc1ccc2oc3cnc(CNC4CCCC4)nc3c2c1. The fourth-order valence-electron chi connectivity index (χ4n) is 3.02. The molecule has 1 saturated carbocycles. The lowest BCUT2D eigenvalue weighted by Gasteiger charge is -2.10. The zero-order chi connectivity index (χ0) is 14.2. The maximum absolute atomic E-state index is 5.77. The fraction of sp³-hybridized carbons (Fsp3) is 0.375. The number of benzene rings is 1. The van der Waals surface area contributed by atoms with Crippen molar-refractivity contribution in [2.24, 2.45) is 0 Å². The summed E-state index contributed by atoms with van der Waals surface area (Å²) in [7, 11) is 0. The van der Waals surface area contributed by atoms with Gasteiger partial charge in [-0.2, -0.15) is 0 Å². The first-order chi connectivity index (χ1) is 10.3. The molecule has 1 aliphatic rings. The molecule has 0 aliphatic heterocycles. The number of furan rings is 1. The van der Waals surface area contributed by atoms with Crippen molar-refractivity contribution < 1.29 is 4.42 Å². The van der Waals surface area contributed by atoms with E-state index in [0.717, 1.165) is 38.9 Å². The van der Waals surface area contributed by atoms with Gasteiger partial charge in [0.25, 0.3) is 0 Å². The van der Waals surface area contributed by atoms with Gasteiger partial charge in [0, 0.05) is 15.9 Å². The van der Waals surface area contributed by atoms with Gasteiger partial charge < -0.3 is 9.73 Å². The lowest BCUT2D eigenvalue weighted by molar-refractivity contribution is 0.514. The summed E-state index contributed by atoms with van der Waals surface area (Å²) in [5, 5.41) is 4.58. The van der Waals surface area contributed by atoms with Crippen molar-refractivity contribution in [3.63, 3.8) is 0 Å². The van der Waals surface area contributed by atoms with E-state index in [4.69, 9.17) is 4.42 Å². The van der Waals surface area contributed by atoms with E-state index in [1.807, 2.05) is 18.2 Å². The smallest absolute Gasteiger partial charge is 0.172 e. The molecular formula is C16H16BrN3O. The molecule has 108 valence electrons. The van der Waals surface area contributed by atoms with E-state index in [1.165, 1.54) is 25.7 Å². The van der Waals surface area contributed by atoms with Crippen LogP contribution in [-0.2, 0) is 6.54 Å². The molecule has 1 aromatic carbocycles. The van der Waals surface area contributed by atoms with Crippen LogP contribution in [0.4, 0.5) is 0 Å². The molecule has 0 radical (unpaired) electrons. The number of fused-ring (bicyclic) bond motifs is 3. The van der Waals surface area contributed by atoms with Crippen molar-refractivity contribution in [1.29, 1.82) is 0 Å². The third kappa shape index (κ3) is 2.56. The first-order valence-electron chi connectivity index (χ1n) is 7.37. The maximum Gasteiger partial charge on any atom is 0.172 e. The Kier molecular flexibility index (Phi) is 3.39. The first kappa shape index (κ1) is 13.2. The summed E-state index contributed by atoms with van der Waals surface area (Å²) in [5.74, 6) is 0.831. The lowest BCUT2D eigenvalue weighted by Crippen LogP contribution is -2.26. The first-order valence-corrected chi connectivity index (χ1v) is 8.16. The largest absolute Gasteiger partial charge is 0.453 e. The molecule has 5 heteroatoms. The Bertz CT molecular complexity index is 793. The minimum Gasteiger partial charge on any atom is -0.453 e. The Labute approximate surface area is 131 Å². The van der Waals surface area contributed by atoms with Gasteiger partial charge in [0.1, 0.15) is 16.9 Å². The minimum atomic E-state index is 0.625. The van der Waals surface area contributed by atoms with E-state index >= 15 is 0 Å². The summed E-state index contributed by atoms with van der Waals surface area (Å²) in [5.41, 5.74) is 2.49. The van der Waals surface area contributed by atoms with Gasteiger partial charge in [-0.05, 0) is 31.0 Å². The van der Waals surface area contributed by atoms with Crippen LogP contribution in [0.5, 0.6) is 0 Å². The molecule has 1 N–H and O–H groups in total. The topological polar surface area (TPSA) is 51.0 Å². The Morgan fingerprint density at radius 3 is 2.95 bits per heavy atom. The third-order valence-electron chi connectivity index (χ3n) is 4.13. The molecule has 0 amide bonds. The van der Waals surface area contributed by atoms with Crippen LogP contribution < -0.4 is 5.32 Å². The quantitative estimate of drug-likeness (QED) is 0.773. The van der Waals surface area contributed by atoms with Crippen LogP contribution in [0, 0.1) is 0 Å². The molecule has 2 aromatic heterocycles. The van der Waals surface area contributed by atoms with Crippen molar-refractivity contribution >= 4 is 38.0 Å². The average Bonchev–Trinajstić information content (AvgIpc) is 3.12. The Hall–Kier alpha value is -1.46. The van der Waals surface area contributed by atoms with Crippen LogP contribution in [0.2, 0.25) is 0 Å². The monoisotopic (exact) mass is 345 g/mol. The highest BCUT2D eigenvalue weighted by Crippen LogP contribution is 2.29. The summed E-state index contributed by atoms with van der Waals surface area (Å²) >= 11 is 3.50. The summed E-state index contributed by atoms with van der Waals surface area (Å²) < 4.78 is 6.80. The zero-order valence-electron chi connectivity index (χ0n) is 11.6. The molecule has 3 aromatic rings. The summed E-state index contributed by atoms with van der Waals surface area (Å²) in [6, 6.07) is 6.60. The highest BCUT2D eigenvalue weighted by atomic mass is 79.9. The van der Waals surface area contributed by atoms with E-state index in [2.05, 4.69) is 31.2 Å². The van der Waals surface area contributed by atoms with Gasteiger partial charge in [-0.1, -0.05) is 28.8 Å². The van der Waals surface area contributed by atoms with Crippen LogP contribution in [0.25, 0.3) is 22.1 Å². The van der Waals surface area contributed by atoms with E-state index < -0.39 is 0 Å². The number of nitrogens with one attached hydrogen (secondary N) is 1. The molecule has 0 bridgehead atoms. The van der Waals surface area contributed by atoms with Crippen LogP contribution in [0.1, 0.15) is 31.5 Å². The van der Waals surface area contributed by atoms with Gasteiger partial charge in [-0.15, -0.1) is 0 Å². The number of nitrogens with zero attached hydrogens (tertiary/aromatic N) is 2. The van der Waals surface area contributed by atoms with Gasteiger partial charge in [0.05, 0.1) is 12.7 Å². The average molecular weight is 346 g/mol. The highest BCUT2D eigenvalue weighted by molar-refractivity contribution is 9.10. The standard InChI is InChI=1S/C16H16BrN3O/c17-10-5-6-13-12(7-10)16-14(21-13)8-19-15(20-16)9-18-11-3-1-2-4-11/h5-8,11,18H,1-4,9H2. The third-order valence-corrected chi connectivity index (χ3v) is 4.62. The Balaban J connectivity index is 1.67. The van der Waals surface area contributed by atoms with Crippen molar-refractivity contribution in [2.45, 2.75) is 38.3 Å². The molecule has 0 saturated heterocycles. The Morgan fingerprint density at radius 2 is 2.10 bits per heavy atom. The molecular weight excluding hydrogens is 330 g/mol. The molecule has 0 atom stereocenters. The minimum absolute atomic E-state index is 0.625. The molecule has 0 spiro atoms. The van der Waals surface area contributed by atoms with Crippen molar-refractivity contribution in [3.8, 4) is 0 Å². The van der Waals surface area contributed by atoms with E-state index in [1.54, 1.807) is 6.20 Å². The van der Waals surface area contributed by atoms with Crippen molar-refractivity contribution in [3.05, 3.63) is 34.7 Å². The van der Waals surface area contributed by atoms with E-state index in [9.17, 15) is 0 Å². The Morgan fingerprint density at radius 1 is 1.24 bits per heavy atom. The number of aromatic nitrogens is 2. The molecule has 2 heterocycles. The second-order valence-electron chi connectivity index (χ2n) is 5.60. The summed E-state index contributed by atoms with van der Waals surface area (Å²) in [6.45, 7) is 0.723. The predicted octanol–water partition coefficient (Wildman–Crippen LogP) is 4.17. The van der Waals surface area contributed by atoms with Crippen molar-refractivity contribution in [1.82, 2.24) is 15.3 Å². The fourth-order valence-corrected chi connectivity index (χ4v) is 3.38. The predicted molar refractivity (Wildman–Crippen MR) is 86.1 cm³/mol. The normalized spacial score (nSPS) is 16.2. The van der Waals surface area contributed by atoms with Gasteiger partial charge in [0.2, 0.25) is 0 Å². The highest BCUT2D eigenvalue weighted by Gasteiger charge is 2.15. The molecule has 0 unspecified atom stereocenters. The van der Waals surface area contributed by atoms with Crippen LogP contribution >= 0.6 is 15.9 Å². The number of rotatable bonds is 3. The summed E-state index contributed by atoms with van der Waals surface area (Å²) in [6.07, 6.45) is 6.98. The summed E-state index contributed by atoms with van der Waals surface area (Å²) in [4.78, 5) is 9.08. The van der Waals surface area contributed by atoms with Gasteiger partial charge in [0.15, 0.2) is 5.58 Å². The van der Waals surface area contributed by atoms with Gasteiger partial charge in [-0.3, -0.25) is 0 Å². The molecule has 21 heavy (non-hydrogen) atoms. The van der Waals surface area contributed by atoms with Crippen LogP contribution in [0.3, 0.4) is 0 Å². The van der Waals surface area contributed by atoms with Gasteiger partial charge >= 0.3 is 0 Å². The molecule has 4 rings (SSSR count). The lowest BCUT2D eigenvalue weighted by atomic mass is 10.2. The second-order valence-corrected chi connectivity index (χ2v) is 6.52.